The van der Waals surface area contributed by atoms with E-state index in [2.05, 4.69) is 4.74 Å². The maximum absolute atomic E-state index is 12.7. The van der Waals surface area contributed by atoms with Crippen LogP contribution in [-0.2, 0) is 9.53 Å². The summed E-state index contributed by atoms with van der Waals surface area (Å²) in [5.74, 6) is -1.68. The molecule has 0 aliphatic rings. The van der Waals surface area contributed by atoms with Crippen LogP contribution in [0.15, 0.2) is 24.3 Å². The van der Waals surface area contributed by atoms with Crippen LogP contribution < -0.4 is 4.74 Å². The highest BCUT2D eigenvalue weighted by Gasteiger charge is 2.31. The number of hydrogen-bond acceptors (Lipinski definition) is 5. The van der Waals surface area contributed by atoms with E-state index in [9.17, 15) is 19.4 Å². The standard InChI is InChI=1S/C13H17FO5/c1-8(15)12(13(17)18-2)11(16)7-19-10-5-3-9(14)4-6-10/h3-6,8,12-13,15,17H,7H2,1-2H3. The maximum atomic E-state index is 12.7. The maximum Gasteiger partial charge on any atom is 0.180 e. The number of Topliss-reactive ketones (excluding diaryl/α,β-unsaturated/α-hetero) is 1. The number of aliphatic hydroxyl groups excluding tert-OH is 2. The van der Waals surface area contributed by atoms with Gasteiger partial charge in [-0.2, -0.15) is 0 Å². The van der Waals surface area contributed by atoms with E-state index < -0.39 is 29.9 Å². The van der Waals surface area contributed by atoms with Crippen molar-refractivity contribution in [3.8, 4) is 5.75 Å². The van der Waals surface area contributed by atoms with Gasteiger partial charge in [0.1, 0.15) is 18.2 Å². The van der Waals surface area contributed by atoms with E-state index in [1.54, 1.807) is 0 Å². The smallest absolute Gasteiger partial charge is 0.180 e. The molecule has 0 saturated carbocycles. The Balaban J connectivity index is 2.60. The largest absolute Gasteiger partial charge is 0.486 e. The van der Waals surface area contributed by atoms with E-state index in [1.165, 1.54) is 38.3 Å². The third kappa shape index (κ3) is 4.59. The van der Waals surface area contributed by atoms with E-state index in [4.69, 9.17) is 4.74 Å². The molecule has 1 rings (SSSR count). The Morgan fingerprint density at radius 1 is 1.32 bits per heavy atom. The van der Waals surface area contributed by atoms with Crippen LogP contribution in [0.4, 0.5) is 4.39 Å². The Morgan fingerprint density at radius 2 is 1.89 bits per heavy atom. The van der Waals surface area contributed by atoms with E-state index in [0.717, 1.165) is 0 Å². The molecule has 106 valence electrons. The van der Waals surface area contributed by atoms with Crippen molar-refractivity contribution >= 4 is 5.78 Å². The highest BCUT2D eigenvalue weighted by Crippen LogP contribution is 2.15. The highest BCUT2D eigenvalue weighted by atomic mass is 19.1. The van der Waals surface area contributed by atoms with Gasteiger partial charge in [-0.05, 0) is 31.2 Å². The van der Waals surface area contributed by atoms with Crippen molar-refractivity contribution in [2.45, 2.75) is 19.3 Å². The van der Waals surface area contributed by atoms with Crippen molar-refractivity contribution in [2.24, 2.45) is 5.92 Å². The summed E-state index contributed by atoms with van der Waals surface area (Å²) < 4.78 is 22.5. The van der Waals surface area contributed by atoms with Gasteiger partial charge >= 0.3 is 0 Å². The summed E-state index contributed by atoms with van der Waals surface area (Å²) in [6.07, 6.45) is -2.47. The van der Waals surface area contributed by atoms with Crippen LogP contribution in [0.2, 0.25) is 0 Å². The molecule has 0 radical (unpaired) electrons. The number of aliphatic hydroxyl groups is 2. The lowest BCUT2D eigenvalue weighted by molar-refractivity contribution is -0.161. The summed E-state index contributed by atoms with van der Waals surface area (Å²) in [7, 11) is 1.23. The van der Waals surface area contributed by atoms with Crippen LogP contribution in [0.1, 0.15) is 6.92 Å². The molecule has 19 heavy (non-hydrogen) atoms. The third-order valence-electron chi connectivity index (χ3n) is 2.63. The molecule has 0 aliphatic heterocycles. The highest BCUT2D eigenvalue weighted by molar-refractivity contribution is 5.83. The molecule has 3 atom stereocenters. The zero-order valence-corrected chi connectivity index (χ0v) is 10.7. The van der Waals surface area contributed by atoms with E-state index in [1.807, 2.05) is 0 Å². The van der Waals surface area contributed by atoms with Crippen LogP contribution in [0.3, 0.4) is 0 Å². The minimum absolute atomic E-state index is 0.325. The lowest BCUT2D eigenvalue weighted by Crippen LogP contribution is -2.40. The van der Waals surface area contributed by atoms with Gasteiger partial charge in [0.05, 0.1) is 12.0 Å². The van der Waals surface area contributed by atoms with Crippen LogP contribution in [0, 0.1) is 11.7 Å². The lowest BCUT2D eigenvalue weighted by Gasteiger charge is -2.22. The van der Waals surface area contributed by atoms with Gasteiger partial charge in [0.25, 0.3) is 0 Å². The zero-order valence-electron chi connectivity index (χ0n) is 10.7. The fraction of sp³-hybridized carbons (Fsp3) is 0.462. The molecule has 3 unspecified atom stereocenters. The first kappa shape index (κ1) is 15.6. The second-order valence-corrected chi connectivity index (χ2v) is 4.10. The average molecular weight is 272 g/mol. The average Bonchev–Trinajstić information content (AvgIpc) is 2.37. The molecule has 1 aromatic rings. The fourth-order valence-corrected chi connectivity index (χ4v) is 1.59. The van der Waals surface area contributed by atoms with Gasteiger partial charge in [0.2, 0.25) is 0 Å². The van der Waals surface area contributed by atoms with Gasteiger partial charge in [-0.1, -0.05) is 0 Å². The van der Waals surface area contributed by atoms with Crippen LogP contribution in [0.25, 0.3) is 0 Å². The quantitative estimate of drug-likeness (QED) is 0.716. The first-order valence-electron chi connectivity index (χ1n) is 5.75. The number of methoxy groups -OCH3 is 1. The molecule has 5 nitrogen and oxygen atoms in total. The summed E-state index contributed by atoms with van der Waals surface area (Å²) >= 11 is 0. The monoisotopic (exact) mass is 272 g/mol. The fourth-order valence-electron chi connectivity index (χ4n) is 1.59. The van der Waals surface area contributed by atoms with Gasteiger partial charge in [-0.15, -0.1) is 0 Å². The Hall–Kier alpha value is -1.50. The normalized spacial score (nSPS) is 15.6. The molecular formula is C13H17FO5. The van der Waals surface area contributed by atoms with E-state index >= 15 is 0 Å². The summed E-state index contributed by atoms with van der Waals surface area (Å²) in [6.45, 7) is 1.03. The Kier molecular flexibility index (Phi) is 5.88. The number of ketones is 1. The summed E-state index contributed by atoms with van der Waals surface area (Å²) in [4.78, 5) is 11.8. The van der Waals surface area contributed by atoms with Crippen molar-refractivity contribution in [3.63, 3.8) is 0 Å². The molecule has 0 bridgehead atoms. The molecule has 6 heteroatoms. The molecule has 1 aromatic carbocycles. The molecule has 0 amide bonds. The molecule has 2 N–H and O–H groups in total. The Bertz CT molecular complexity index is 404. The Labute approximate surface area is 110 Å². The van der Waals surface area contributed by atoms with Gasteiger partial charge in [0.15, 0.2) is 12.1 Å². The van der Waals surface area contributed by atoms with Crippen molar-refractivity contribution in [1.29, 1.82) is 0 Å². The number of benzene rings is 1. The zero-order chi connectivity index (χ0) is 14.4. The first-order valence-corrected chi connectivity index (χ1v) is 5.75. The van der Waals surface area contributed by atoms with E-state index in [0.29, 0.717) is 5.75 Å². The SMILES string of the molecule is COC(O)C(C(=O)COc1ccc(F)cc1)C(C)O. The third-order valence-corrected chi connectivity index (χ3v) is 2.63. The van der Waals surface area contributed by atoms with Gasteiger partial charge in [-0.3, -0.25) is 4.79 Å². The number of rotatable bonds is 7. The summed E-state index contributed by atoms with van der Waals surface area (Å²) in [5.41, 5.74) is 0. The van der Waals surface area contributed by atoms with Gasteiger partial charge in [-0.25, -0.2) is 4.39 Å². The Morgan fingerprint density at radius 3 is 2.37 bits per heavy atom. The first-order chi connectivity index (χ1) is 8.95. The number of ether oxygens (including phenoxy) is 2. The van der Waals surface area contributed by atoms with Crippen molar-refractivity contribution in [3.05, 3.63) is 30.1 Å². The topological polar surface area (TPSA) is 76.0 Å². The van der Waals surface area contributed by atoms with Crippen molar-refractivity contribution in [1.82, 2.24) is 0 Å². The van der Waals surface area contributed by atoms with Crippen molar-refractivity contribution in [2.75, 3.05) is 13.7 Å². The van der Waals surface area contributed by atoms with Gasteiger partial charge in [0, 0.05) is 7.11 Å². The minimum Gasteiger partial charge on any atom is -0.486 e. The molecule has 0 aromatic heterocycles. The molecule has 0 saturated heterocycles. The molecule has 0 heterocycles. The number of carbonyl (C=O) groups excluding carboxylic acids is 1. The second kappa shape index (κ2) is 7.18. The van der Waals surface area contributed by atoms with E-state index in [-0.39, 0.29) is 6.61 Å². The molecular weight excluding hydrogens is 255 g/mol. The number of carbonyl (C=O) groups is 1. The van der Waals surface area contributed by atoms with Crippen LogP contribution >= 0.6 is 0 Å². The summed E-state index contributed by atoms with van der Waals surface area (Å²) in [5, 5.41) is 18.9. The second-order valence-electron chi connectivity index (χ2n) is 4.10. The minimum atomic E-state index is -1.40. The van der Waals surface area contributed by atoms with Crippen molar-refractivity contribution < 1.29 is 28.9 Å². The molecule has 0 fully saturated rings. The van der Waals surface area contributed by atoms with Crippen LogP contribution in [-0.4, -0.2) is 42.1 Å². The lowest BCUT2D eigenvalue weighted by atomic mass is 9.98. The number of halogens is 1. The van der Waals surface area contributed by atoms with Crippen LogP contribution in [0.5, 0.6) is 5.75 Å². The molecule has 0 aliphatic carbocycles. The molecule has 0 spiro atoms. The van der Waals surface area contributed by atoms with Gasteiger partial charge < -0.3 is 19.7 Å². The number of hydrogen-bond donors (Lipinski definition) is 2. The predicted octanol–water partition coefficient (Wildman–Crippen LogP) is 0.735. The predicted molar refractivity (Wildman–Crippen MR) is 65.1 cm³/mol. The summed E-state index contributed by atoms with van der Waals surface area (Å²) in [6, 6.07) is 5.17.